The Hall–Kier alpha value is -0.960. The molecule has 0 amide bonds. The maximum Gasteiger partial charge on any atom is 0.141 e. The number of hydrogen-bond donors (Lipinski definition) is 1. The summed E-state index contributed by atoms with van der Waals surface area (Å²) in [6.07, 6.45) is 2.61. The van der Waals surface area contributed by atoms with Gasteiger partial charge in [-0.3, -0.25) is 4.98 Å². The lowest BCUT2D eigenvalue weighted by molar-refractivity contribution is 0.00844. The first-order valence-corrected chi connectivity index (χ1v) is 4.28. The highest BCUT2D eigenvalue weighted by Crippen LogP contribution is 2.28. The minimum Gasteiger partial charge on any atom is -0.385 e. The van der Waals surface area contributed by atoms with Crippen LogP contribution in [0.3, 0.4) is 0 Å². The van der Waals surface area contributed by atoms with Gasteiger partial charge in [0.1, 0.15) is 5.82 Å². The minimum atomic E-state index is -1.02. The van der Waals surface area contributed by atoms with E-state index in [9.17, 15) is 9.50 Å². The van der Waals surface area contributed by atoms with Crippen molar-refractivity contribution in [3.63, 3.8) is 0 Å². The monoisotopic (exact) mass is 183 g/mol. The van der Waals surface area contributed by atoms with E-state index in [1.165, 1.54) is 12.3 Å². The molecular formula is C10H14FNO. The highest BCUT2D eigenvalue weighted by atomic mass is 19.1. The van der Waals surface area contributed by atoms with E-state index in [-0.39, 0.29) is 5.92 Å². The largest absolute Gasteiger partial charge is 0.385 e. The first kappa shape index (κ1) is 10.1. The van der Waals surface area contributed by atoms with Crippen molar-refractivity contribution in [2.24, 2.45) is 5.92 Å². The summed E-state index contributed by atoms with van der Waals surface area (Å²) in [6.45, 7) is 5.42. The van der Waals surface area contributed by atoms with Crippen LogP contribution < -0.4 is 0 Å². The Morgan fingerprint density at radius 3 is 2.54 bits per heavy atom. The summed E-state index contributed by atoms with van der Waals surface area (Å²) in [5, 5.41) is 9.98. The zero-order valence-corrected chi connectivity index (χ0v) is 8.08. The van der Waals surface area contributed by atoms with Crippen molar-refractivity contribution in [1.29, 1.82) is 0 Å². The van der Waals surface area contributed by atoms with Crippen LogP contribution in [0.5, 0.6) is 0 Å². The number of rotatable bonds is 2. The fourth-order valence-corrected chi connectivity index (χ4v) is 1.02. The average Bonchev–Trinajstić information content (AvgIpc) is 2.04. The van der Waals surface area contributed by atoms with E-state index in [0.29, 0.717) is 5.56 Å². The maximum absolute atomic E-state index is 12.8. The van der Waals surface area contributed by atoms with Gasteiger partial charge in [0.25, 0.3) is 0 Å². The Morgan fingerprint density at radius 2 is 2.08 bits per heavy atom. The van der Waals surface area contributed by atoms with Crippen LogP contribution in [0.4, 0.5) is 4.39 Å². The molecule has 0 bridgehead atoms. The molecule has 0 aromatic carbocycles. The summed E-state index contributed by atoms with van der Waals surface area (Å²) >= 11 is 0. The lowest BCUT2D eigenvalue weighted by Crippen LogP contribution is -2.28. The third kappa shape index (κ3) is 2.04. The maximum atomic E-state index is 12.8. The predicted octanol–water partition coefficient (Wildman–Crippen LogP) is 2.08. The van der Waals surface area contributed by atoms with Crippen LogP contribution in [-0.2, 0) is 5.60 Å². The van der Waals surface area contributed by atoms with Crippen LogP contribution in [-0.4, -0.2) is 10.1 Å². The third-order valence-electron chi connectivity index (χ3n) is 2.41. The molecule has 1 rings (SSSR count). The van der Waals surface area contributed by atoms with Gasteiger partial charge < -0.3 is 5.11 Å². The molecule has 0 spiro atoms. The zero-order chi connectivity index (χ0) is 10.1. The number of nitrogens with zero attached hydrogens (tertiary/aromatic N) is 1. The van der Waals surface area contributed by atoms with Crippen molar-refractivity contribution in [1.82, 2.24) is 4.98 Å². The SMILES string of the molecule is CC(C)C(C)(O)c1cncc(F)c1. The summed E-state index contributed by atoms with van der Waals surface area (Å²) in [4.78, 5) is 3.70. The molecular weight excluding hydrogens is 169 g/mol. The first-order chi connectivity index (χ1) is 5.94. The number of pyridine rings is 1. The van der Waals surface area contributed by atoms with Crippen molar-refractivity contribution >= 4 is 0 Å². The smallest absolute Gasteiger partial charge is 0.141 e. The van der Waals surface area contributed by atoms with Crippen molar-refractivity contribution < 1.29 is 9.50 Å². The summed E-state index contributed by atoms with van der Waals surface area (Å²) in [5.41, 5.74) is -0.503. The van der Waals surface area contributed by atoms with Crippen LogP contribution in [0.1, 0.15) is 26.3 Å². The lowest BCUT2D eigenvalue weighted by Gasteiger charge is -2.27. The van der Waals surface area contributed by atoms with Crippen LogP contribution >= 0.6 is 0 Å². The van der Waals surface area contributed by atoms with Gasteiger partial charge in [-0.25, -0.2) is 4.39 Å². The molecule has 1 atom stereocenters. The number of aliphatic hydroxyl groups is 1. The molecule has 0 saturated carbocycles. The van der Waals surface area contributed by atoms with E-state index in [1.54, 1.807) is 6.92 Å². The second-order valence-electron chi connectivity index (χ2n) is 3.69. The molecule has 0 aliphatic rings. The molecule has 0 aliphatic heterocycles. The zero-order valence-electron chi connectivity index (χ0n) is 8.08. The molecule has 1 N–H and O–H groups in total. The Balaban J connectivity index is 3.07. The van der Waals surface area contributed by atoms with Crippen molar-refractivity contribution in [2.45, 2.75) is 26.4 Å². The Bertz CT molecular complexity index is 297. The van der Waals surface area contributed by atoms with E-state index in [0.717, 1.165) is 6.20 Å². The number of aromatic nitrogens is 1. The fraction of sp³-hybridized carbons (Fsp3) is 0.500. The van der Waals surface area contributed by atoms with Gasteiger partial charge in [-0.1, -0.05) is 13.8 Å². The van der Waals surface area contributed by atoms with Gasteiger partial charge in [-0.2, -0.15) is 0 Å². The van der Waals surface area contributed by atoms with Gasteiger partial charge in [0, 0.05) is 11.8 Å². The molecule has 0 saturated heterocycles. The highest BCUT2D eigenvalue weighted by molar-refractivity contribution is 5.18. The van der Waals surface area contributed by atoms with E-state index >= 15 is 0 Å². The van der Waals surface area contributed by atoms with Crippen LogP contribution in [0.2, 0.25) is 0 Å². The van der Waals surface area contributed by atoms with E-state index in [2.05, 4.69) is 4.98 Å². The van der Waals surface area contributed by atoms with Crippen LogP contribution in [0.15, 0.2) is 18.5 Å². The number of hydrogen-bond acceptors (Lipinski definition) is 2. The molecule has 0 fully saturated rings. The third-order valence-corrected chi connectivity index (χ3v) is 2.41. The van der Waals surface area contributed by atoms with Crippen molar-refractivity contribution in [3.8, 4) is 0 Å². The second-order valence-corrected chi connectivity index (χ2v) is 3.69. The van der Waals surface area contributed by atoms with E-state index in [1.807, 2.05) is 13.8 Å². The molecule has 2 nitrogen and oxygen atoms in total. The fourth-order valence-electron chi connectivity index (χ4n) is 1.02. The van der Waals surface area contributed by atoms with Gasteiger partial charge in [0.2, 0.25) is 0 Å². The molecule has 0 aliphatic carbocycles. The topological polar surface area (TPSA) is 33.1 Å². The number of halogens is 1. The minimum absolute atomic E-state index is 0.0242. The Labute approximate surface area is 77.4 Å². The summed E-state index contributed by atoms with van der Waals surface area (Å²) in [7, 11) is 0. The second kappa shape index (κ2) is 3.42. The molecule has 72 valence electrons. The van der Waals surface area contributed by atoms with Gasteiger partial charge >= 0.3 is 0 Å². The van der Waals surface area contributed by atoms with Crippen molar-refractivity contribution in [2.75, 3.05) is 0 Å². The van der Waals surface area contributed by atoms with E-state index < -0.39 is 11.4 Å². The van der Waals surface area contributed by atoms with Gasteiger partial charge in [-0.15, -0.1) is 0 Å². The molecule has 1 heterocycles. The van der Waals surface area contributed by atoms with Gasteiger partial charge in [-0.05, 0) is 18.9 Å². The molecule has 1 aromatic rings. The van der Waals surface area contributed by atoms with Crippen molar-refractivity contribution in [3.05, 3.63) is 29.8 Å². The summed E-state index contributed by atoms with van der Waals surface area (Å²) in [6, 6.07) is 1.31. The standard InChI is InChI=1S/C10H14FNO/c1-7(2)10(3,13)8-4-9(11)6-12-5-8/h4-7,13H,1-3H3. The van der Waals surface area contributed by atoms with E-state index in [4.69, 9.17) is 0 Å². The predicted molar refractivity (Wildman–Crippen MR) is 48.6 cm³/mol. The Kier molecular flexibility index (Phi) is 2.66. The van der Waals surface area contributed by atoms with Gasteiger partial charge in [0.15, 0.2) is 0 Å². The Morgan fingerprint density at radius 1 is 1.46 bits per heavy atom. The summed E-state index contributed by atoms with van der Waals surface area (Å²) < 4.78 is 12.8. The van der Waals surface area contributed by atoms with Gasteiger partial charge in [0.05, 0.1) is 11.8 Å². The average molecular weight is 183 g/mol. The molecule has 3 heteroatoms. The molecule has 1 aromatic heterocycles. The highest BCUT2D eigenvalue weighted by Gasteiger charge is 2.27. The lowest BCUT2D eigenvalue weighted by atomic mass is 9.86. The quantitative estimate of drug-likeness (QED) is 0.761. The summed E-state index contributed by atoms with van der Waals surface area (Å²) in [5.74, 6) is -0.394. The first-order valence-electron chi connectivity index (χ1n) is 4.28. The normalized spacial score (nSPS) is 15.8. The van der Waals surface area contributed by atoms with Crippen LogP contribution in [0, 0.1) is 11.7 Å². The molecule has 13 heavy (non-hydrogen) atoms. The molecule has 0 radical (unpaired) electrons. The molecule has 1 unspecified atom stereocenters. The van der Waals surface area contributed by atoms with Crippen LogP contribution in [0.25, 0.3) is 0 Å².